The van der Waals surface area contributed by atoms with Gasteiger partial charge >= 0.3 is 5.97 Å². The monoisotopic (exact) mass is 332 g/mol. The van der Waals surface area contributed by atoms with E-state index in [4.69, 9.17) is 17.0 Å². The van der Waals surface area contributed by atoms with Crippen LogP contribution in [0, 0.1) is 10.7 Å². The third kappa shape index (κ3) is 2.95. The van der Waals surface area contributed by atoms with Gasteiger partial charge in [0.05, 0.1) is 16.5 Å². The van der Waals surface area contributed by atoms with Crippen molar-refractivity contribution < 1.29 is 9.53 Å². The number of aromatic amines is 1. The van der Waals surface area contributed by atoms with Crippen LogP contribution in [0.1, 0.15) is 43.5 Å². The zero-order chi connectivity index (χ0) is 16.6. The Bertz CT molecular complexity index is 864. The van der Waals surface area contributed by atoms with Crippen molar-refractivity contribution in [3.63, 3.8) is 0 Å². The molecule has 1 saturated carbocycles. The third-order valence-corrected chi connectivity index (χ3v) is 4.96. The number of aromatic nitrogens is 2. The van der Waals surface area contributed by atoms with Crippen molar-refractivity contribution in [2.24, 2.45) is 5.92 Å². The Balaban J connectivity index is 1.92. The summed E-state index contributed by atoms with van der Waals surface area (Å²) in [7, 11) is 0. The van der Waals surface area contributed by atoms with Crippen molar-refractivity contribution in [3.8, 4) is 0 Å². The molecule has 0 bridgehead atoms. The fourth-order valence-electron chi connectivity index (χ4n) is 2.91. The van der Waals surface area contributed by atoms with E-state index in [-0.39, 0.29) is 17.6 Å². The summed E-state index contributed by atoms with van der Waals surface area (Å²) < 4.78 is 7.39. The Morgan fingerprint density at radius 3 is 2.83 bits per heavy atom. The van der Waals surface area contributed by atoms with E-state index in [1.54, 1.807) is 18.2 Å². The molecule has 0 spiro atoms. The average Bonchev–Trinajstić information content (AvgIpc) is 2.45. The molecule has 122 valence electrons. The summed E-state index contributed by atoms with van der Waals surface area (Å²) in [6, 6.07) is 4.93. The number of fused-ring (bicyclic) bond motifs is 1. The molecule has 6 heteroatoms. The van der Waals surface area contributed by atoms with E-state index in [1.807, 2.05) is 13.8 Å². The quantitative estimate of drug-likeness (QED) is 0.688. The van der Waals surface area contributed by atoms with Gasteiger partial charge in [0.15, 0.2) is 4.77 Å². The predicted molar refractivity (Wildman–Crippen MR) is 91.3 cm³/mol. The Morgan fingerprint density at radius 1 is 1.48 bits per heavy atom. The second-order valence-electron chi connectivity index (χ2n) is 6.04. The van der Waals surface area contributed by atoms with Gasteiger partial charge in [-0.3, -0.25) is 9.36 Å². The molecule has 5 nitrogen and oxygen atoms in total. The second kappa shape index (κ2) is 6.28. The van der Waals surface area contributed by atoms with Crippen molar-refractivity contribution in [2.45, 2.75) is 45.8 Å². The molecule has 0 amide bonds. The van der Waals surface area contributed by atoms with E-state index >= 15 is 0 Å². The maximum Gasteiger partial charge on any atom is 0.338 e. The van der Waals surface area contributed by atoms with Crippen LogP contribution in [0.3, 0.4) is 0 Å². The topological polar surface area (TPSA) is 64.1 Å². The van der Waals surface area contributed by atoms with Crippen molar-refractivity contribution in [1.29, 1.82) is 0 Å². The first-order valence-corrected chi connectivity index (χ1v) is 8.40. The van der Waals surface area contributed by atoms with Crippen molar-refractivity contribution in [2.75, 3.05) is 0 Å². The highest BCUT2D eigenvalue weighted by Gasteiger charge is 2.27. The summed E-state index contributed by atoms with van der Waals surface area (Å²) in [6.45, 7) is 4.31. The Hall–Kier alpha value is -1.95. The second-order valence-corrected chi connectivity index (χ2v) is 6.43. The smallest absolute Gasteiger partial charge is 0.338 e. The molecule has 1 aromatic heterocycles. The zero-order valence-corrected chi connectivity index (χ0v) is 14.1. The number of nitrogens with zero attached hydrogens (tertiary/aromatic N) is 1. The van der Waals surface area contributed by atoms with Gasteiger partial charge in [-0.05, 0) is 63.0 Å². The van der Waals surface area contributed by atoms with Crippen LogP contribution in [-0.2, 0) is 11.3 Å². The number of benzene rings is 1. The molecule has 1 heterocycles. The molecule has 1 aliphatic carbocycles. The van der Waals surface area contributed by atoms with E-state index in [0.717, 1.165) is 12.8 Å². The van der Waals surface area contributed by atoms with Gasteiger partial charge in [0, 0.05) is 6.54 Å². The van der Waals surface area contributed by atoms with Crippen LogP contribution in [0.4, 0.5) is 0 Å². The maximum atomic E-state index is 12.3. The minimum absolute atomic E-state index is 0.0708. The van der Waals surface area contributed by atoms with Crippen LogP contribution in [0.15, 0.2) is 23.0 Å². The Morgan fingerprint density at radius 2 is 2.22 bits per heavy atom. The Kier molecular flexibility index (Phi) is 4.35. The molecular formula is C17H20N2O3S. The van der Waals surface area contributed by atoms with Crippen LogP contribution in [0.2, 0.25) is 0 Å². The lowest BCUT2D eigenvalue weighted by Crippen LogP contribution is -2.29. The minimum Gasteiger partial charge on any atom is -0.459 e. The highest BCUT2D eigenvalue weighted by molar-refractivity contribution is 7.71. The molecule has 1 atom stereocenters. The van der Waals surface area contributed by atoms with E-state index in [9.17, 15) is 9.59 Å². The summed E-state index contributed by atoms with van der Waals surface area (Å²) in [6.07, 6.45) is 3.38. The van der Waals surface area contributed by atoms with Crippen molar-refractivity contribution in [1.82, 2.24) is 9.55 Å². The Labute approximate surface area is 139 Å². The van der Waals surface area contributed by atoms with Gasteiger partial charge in [-0.25, -0.2) is 4.79 Å². The number of esters is 1. The number of rotatable bonds is 4. The van der Waals surface area contributed by atoms with Gasteiger partial charge in [0.2, 0.25) is 0 Å². The number of hydrogen-bond donors (Lipinski definition) is 1. The molecule has 3 rings (SSSR count). The first-order chi connectivity index (χ1) is 11.0. The van der Waals surface area contributed by atoms with Crippen molar-refractivity contribution in [3.05, 3.63) is 38.9 Å². The van der Waals surface area contributed by atoms with Crippen molar-refractivity contribution >= 4 is 29.1 Å². The standard InChI is InChI=1S/C17H20N2O3S/c1-3-19-15(20)13-8-7-12(9-14(13)18-17(19)23)16(21)22-10(2)11-5-4-6-11/h7-11H,3-6H2,1-2H3,(H,18,23). The molecule has 0 radical (unpaired) electrons. The number of carbonyl (C=O) groups excluding carboxylic acids is 1. The third-order valence-electron chi connectivity index (χ3n) is 4.64. The lowest BCUT2D eigenvalue weighted by Gasteiger charge is -2.30. The molecule has 23 heavy (non-hydrogen) atoms. The number of nitrogens with one attached hydrogen (secondary N) is 1. The highest BCUT2D eigenvalue weighted by Crippen LogP contribution is 2.31. The largest absolute Gasteiger partial charge is 0.459 e. The van der Waals surface area contributed by atoms with Gasteiger partial charge in [0.25, 0.3) is 5.56 Å². The molecule has 1 aromatic carbocycles. The van der Waals surface area contributed by atoms with Crippen LogP contribution in [0.25, 0.3) is 10.9 Å². The molecule has 1 aliphatic rings. The van der Waals surface area contributed by atoms with Gasteiger partial charge in [-0.2, -0.15) is 0 Å². The molecule has 2 aromatic rings. The molecule has 1 unspecified atom stereocenters. The summed E-state index contributed by atoms with van der Waals surface area (Å²) in [4.78, 5) is 27.6. The predicted octanol–water partition coefficient (Wildman–Crippen LogP) is 3.42. The number of ether oxygens (including phenoxy) is 1. The summed E-state index contributed by atoms with van der Waals surface area (Å²) in [5, 5.41) is 0.518. The number of H-pyrrole nitrogens is 1. The van der Waals surface area contributed by atoms with Crippen LogP contribution in [0.5, 0.6) is 0 Å². The normalized spacial score (nSPS) is 16.1. The average molecular weight is 332 g/mol. The van der Waals surface area contributed by atoms with Gasteiger partial charge in [-0.15, -0.1) is 0 Å². The van der Waals surface area contributed by atoms with Crippen LogP contribution < -0.4 is 5.56 Å². The highest BCUT2D eigenvalue weighted by atomic mass is 32.1. The SMILES string of the molecule is CCn1c(=S)[nH]c2cc(C(=O)OC(C)C3CCC3)ccc2c1=O. The molecule has 0 aliphatic heterocycles. The first-order valence-electron chi connectivity index (χ1n) is 7.99. The summed E-state index contributed by atoms with van der Waals surface area (Å²) in [5.74, 6) is 0.118. The maximum absolute atomic E-state index is 12.3. The van der Waals surface area contributed by atoms with Gasteiger partial charge < -0.3 is 9.72 Å². The fourth-order valence-corrected chi connectivity index (χ4v) is 3.23. The number of carbonyl (C=O) groups is 1. The lowest BCUT2D eigenvalue weighted by molar-refractivity contribution is 0.00661. The lowest BCUT2D eigenvalue weighted by atomic mass is 9.82. The van der Waals surface area contributed by atoms with E-state index < -0.39 is 0 Å². The van der Waals surface area contributed by atoms with Crippen LogP contribution >= 0.6 is 12.2 Å². The van der Waals surface area contributed by atoms with E-state index in [2.05, 4.69) is 4.98 Å². The minimum atomic E-state index is -0.356. The summed E-state index contributed by atoms with van der Waals surface area (Å²) in [5.41, 5.74) is 0.854. The molecule has 1 fully saturated rings. The van der Waals surface area contributed by atoms with Gasteiger partial charge in [-0.1, -0.05) is 6.42 Å². The number of hydrogen-bond acceptors (Lipinski definition) is 4. The van der Waals surface area contributed by atoms with E-state index in [1.165, 1.54) is 11.0 Å². The van der Waals surface area contributed by atoms with Crippen LogP contribution in [-0.4, -0.2) is 21.6 Å². The zero-order valence-electron chi connectivity index (χ0n) is 13.3. The molecule has 1 N–H and O–H groups in total. The fraction of sp³-hybridized carbons (Fsp3) is 0.471. The first kappa shape index (κ1) is 15.9. The molecule has 0 saturated heterocycles. The van der Waals surface area contributed by atoms with Gasteiger partial charge in [0.1, 0.15) is 6.10 Å². The van der Waals surface area contributed by atoms with E-state index in [0.29, 0.717) is 33.7 Å². The summed E-state index contributed by atoms with van der Waals surface area (Å²) >= 11 is 5.19. The molecular weight excluding hydrogens is 312 g/mol.